The second kappa shape index (κ2) is 4.94. The lowest BCUT2D eigenvalue weighted by molar-refractivity contribution is 0.587. The molecule has 0 unspecified atom stereocenters. The zero-order chi connectivity index (χ0) is 9.61. The van der Waals surface area contributed by atoms with Crippen molar-refractivity contribution in [2.45, 2.75) is 0 Å². The van der Waals surface area contributed by atoms with Crippen LogP contribution in [0.2, 0.25) is 0 Å². The van der Waals surface area contributed by atoms with Gasteiger partial charge in [-0.2, -0.15) is 0 Å². The Kier molecular flexibility index (Phi) is 4.60. The summed E-state index contributed by atoms with van der Waals surface area (Å²) in [5, 5.41) is 2.63. The molecule has 0 amide bonds. The van der Waals surface area contributed by atoms with Crippen LogP contribution >= 0.6 is 0 Å². The Morgan fingerprint density at radius 1 is 1.58 bits per heavy atom. The fourth-order valence-electron chi connectivity index (χ4n) is 0.495. The molecule has 0 heterocycles. The van der Waals surface area contributed by atoms with E-state index in [9.17, 15) is 8.42 Å². The molecular formula is C5H14N4O2S. The molecule has 0 bridgehead atoms. The van der Waals surface area contributed by atoms with Crippen LogP contribution in [0, 0.1) is 0 Å². The van der Waals surface area contributed by atoms with Gasteiger partial charge in [0.1, 0.15) is 0 Å². The fourth-order valence-corrected chi connectivity index (χ4v) is 1.07. The van der Waals surface area contributed by atoms with E-state index in [2.05, 4.69) is 15.0 Å². The van der Waals surface area contributed by atoms with Crippen LogP contribution in [0.25, 0.3) is 0 Å². The van der Waals surface area contributed by atoms with E-state index < -0.39 is 10.0 Å². The summed E-state index contributed by atoms with van der Waals surface area (Å²) in [5.41, 5.74) is 5.27. The molecular weight excluding hydrogens is 180 g/mol. The second-order valence-corrected chi connectivity index (χ2v) is 4.10. The lowest BCUT2D eigenvalue weighted by atomic mass is 10.7. The van der Waals surface area contributed by atoms with Crippen LogP contribution in [-0.4, -0.2) is 40.8 Å². The van der Waals surface area contributed by atoms with Crippen LogP contribution in [0.5, 0.6) is 0 Å². The van der Waals surface area contributed by atoms with Crippen LogP contribution in [-0.2, 0) is 10.0 Å². The zero-order valence-corrected chi connectivity index (χ0v) is 7.98. The maximum absolute atomic E-state index is 10.8. The second-order valence-electron chi connectivity index (χ2n) is 2.06. The molecule has 0 aromatic rings. The highest BCUT2D eigenvalue weighted by Gasteiger charge is 2.05. The summed E-state index contributed by atoms with van der Waals surface area (Å²) in [6, 6.07) is 0. The first-order valence-corrected chi connectivity index (χ1v) is 5.04. The van der Waals surface area contributed by atoms with Gasteiger partial charge in [-0.15, -0.1) is 0 Å². The monoisotopic (exact) mass is 194 g/mol. The maximum atomic E-state index is 10.8. The molecule has 72 valence electrons. The predicted octanol–water partition coefficient (Wildman–Crippen LogP) is -1.93. The van der Waals surface area contributed by atoms with Crippen molar-refractivity contribution in [3.63, 3.8) is 0 Å². The number of aliphatic imine (C=N–C) groups is 1. The maximum Gasteiger partial charge on any atom is 0.213 e. The van der Waals surface area contributed by atoms with Crippen LogP contribution in [0.15, 0.2) is 4.99 Å². The number of nitrogens with zero attached hydrogens (tertiary/aromatic N) is 1. The van der Waals surface area contributed by atoms with E-state index in [1.165, 1.54) is 14.1 Å². The number of hydrogen-bond acceptors (Lipinski definition) is 3. The Morgan fingerprint density at radius 3 is 2.58 bits per heavy atom. The summed E-state index contributed by atoms with van der Waals surface area (Å²) >= 11 is 0. The Hall–Kier alpha value is -0.820. The van der Waals surface area contributed by atoms with E-state index in [1.54, 1.807) is 0 Å². The summed E-state index contributed by atoms with van der Waals surface area (Å²) in [7, 11) is -0.256. The van der Waals surface area contributed by atoms with Crippen LogP contribution in [0.4, 0.5) is 0 Å². The lowest BCUT2D eigenvalue weighted by Gasteiger charge is -2.04. The number of rotatable bonds is 4. The highest BCUT2D eigenvalue weighted by Crippen LogP contribution is 1.78. The SMILES string of the molecule is CN=C(N)NCCS(=O)(=O)NC. The first-order valence-electron chi connectivity index (χ1n) is 3.39. The molecule has 0 saturated carbocycles. The van der Waals surface area contributed by atoms with Crippen molar-refractivity contribution in [3.8, 4) is 0 Å². The van der Waals surface area contributed by atoms with Gasteiger partial charge in [-0.25, -0.2) is 13.1 Å². The van der Waals surface area contributed by atoms with Gasteiger partial charge in [0.25, 0.3) is 0 Å². The van der Waals surface area contributed by atoms with E-state index in [-0.39, 0.29) is 18.3 Å². The third-order valence-corrected chi connectivity index (χ3v) is 2.59. The molecule has 6 nitrogen and oxygen atoms in total. The first-order chi connectivity index (χ1) is 5.52. The number of nitrogens with two attached hydrogens (primary N) is 1. The predicted molar refractivity (Wildman–Crippen MR) is 48.4 cm³/mol. The largest absolute Gasteiger partial charge is 0.370 e. The molecule has 0 saturated heterocycles. The Labute approximate surface area is 72.3 Å². The van der Waals surface area contributed by atoms with Gasteiger partial charge in [-0.3, -0.25) is 4.99 Å². The number of nitrogens with one attached hydrogen (secondary N) is 2. The molecule has 0 aromatic heterocycles. The summed E-state index contributed by atoms with van der Waals surface area (Å²) in [5.74, 6) is 0.223. The third kappa shape index (κ3) is 4.91. The van der Waals surface area contributed by atoms with Gasteiger partial charge >= 0.3 is 0 Å². The first kappa shape index (κ1) is 11.2. The van der Waals surface area contributed by atoms with Crippen molar-refractivity contribution in [1.29, 1.82) is 0 Å². The van der Waals surface area contributed by atoms with Crippen molar-refractivity contribution in [2.75, 3.05) is 26.4 Å². The van der Waals surface area contributed by atoms with Crippen molar-refractivity contribution in [3.05, 3.63) is 0 Å². The molecule has 0 spiro atoms. The van der Waals surface area contributed by atoms with Gasteiger partial charge in [0.15, 0.2) is 5.96 Å². The van der Waals surface area contributed by atoms with Gasteiger partial charge in [-0.05, 0) is 7.05 Å². The molecule has 0 radical (unpaired) electrons. The third-order valence-electron chi connectivity index (χ3n) is 1.23. The minimum Gasteiger partial charge on any atom is -0.370 e. The molecule has 0 aliphatic carbocycles. The summed E-state index contributed by atoms with van der Waals surface area (Å²) in [6.45, 7) is 0.256. The number of guanidine groups is 1. The van der Waals surface area contributed by atoms with E-state index in [0.717, 1.165) is 0 Å². The molecule has 4 N–H and O–H groups in total. The fraction of sp³-hybridized carbons (Fsp3) is 0.800. The average molecular weight is 194 g/mol. The standard InChI is InChI=1S/C5H14N4O2S/c1-7-5(6)9-3-4-12(10,11)8-2/h8H,3-4H2,1-2H3,(H3,6,7,9). The van der Waals surface area contributed by atoms with E-state index in [0.29, 0.717) is 0 Å². The quantitative estimate of drug-likeness (QED) is 0.358. The molecule has 0 rings (SSSR count). The Balaban J connectivity index is 3.72. The summed E-state index contributed by atoms with van der Waals surface area (Å²) < 4.78 is 23.9. The summed E-state index contributed by atoms with van der Waals surface area (Å²) in [6.07, 6.45) is 0. The van der Waals surface area contributed by atoms with Gasteiger partial charge in [0.05, 0.1) is 5.75 Å². The highest BCUT2D eigenvalue weighted by atomic mass is 32.2. The Morgan fingerprint density at radius 2 is 2.17 bits per heavy atom. The molecule has 0 atom stereocenters. The molecule has 7 heteroatoms. The van der Waals surface area contributed by atoms with Crippen LogP contribution in [0.3, 0.4) is 0 Å². The minimum absolute atomic E-state index is 0.0142. The van der Waals surface area contributed by atoms with E-state index in [4.69, 9.17) is 5.73 Å². The van der Waals surface area contributed by atoms with E-state index in [1.807, 2.05) is 0 Å². The molecule has 12 heavy (non-hydrogen) atoms. The number of sulfonamides is 1. The highest BCUT2D eigenvalue weighted by molar-refractivity contribution is 7.89. The number of hydrogen-bond donors (Lipinski definition) is 3. The molecule has 0 aliphatic rings. The van der Waals surface area contributed by atoms with Crippen molar-refractivity contribution >= 4 is 16.0 Å². The zero-order valence-electron chi connectivity index (χ0n) is 7.16. The van der Waals surface area contributed by atoms with Crippen molar-refractivity contribution < 1.29 is 8.42 Å². The van der Waals surface area contributed by atoms with Gasteiger partial charge in [0.2, 0.25) is 10.0 Å². The Bertz CT molecular complexity index is 246. The van der Waals surface area contributed by atoms with Gasteiger partial charge < -0.3 is 11.1 Å². The van der Waals surface area contributed by atoms with E-state index >= 15 is 0 Å². The smallest absolute Gasteiger partial charge is 0.213 e. The summed E-state index contributed by atoms with van der Waals surface area (Å²) in [4.78, 5) is 3.60. The van der Waals surface area contributed by atoms with Crippen LogP contribution in [0.1, 0.15) is 0 Å². The van der Waals surface area contributed by atoms with Crippen LogP contribution < -0.4 is 15.8 Å². The topological polar surface area (TPSA) is 96.6 Å². The molecule has 0 aromatic carbocycles. The van der Waals surface area contributed by atoms with Crippen molar-refractivity contribution in [1.82, 2.24) is 10.0 Å². The van der Waals surface area contributed by atoms with Crippen molar-refractivity contribution in [2.24, 2.45) is 10.7 Å². The minimum atomic E-state index is -3.15. The molecule has 0 fully saturated rings. The lowest BCUT2D eigenvalue weighted by Crippen LogP contribution is -2.37. The average Bonchev–Trinajstić information content (AvgIpc) is 2.04. The molecule has 0 aliphatic heterocycles. The normalized spacial score (nSPS) is 13.0. The van der Waals surface area contributed by atoms with Gasteiger partial charge in [0, 0.05) is 13.6 Å². The van der Waals surface area contributed by atoms with Gasteiger partial charge in [-0.1, -0.05) is 0 Å².